The second-order valence-electron chi connectivity index (χ2n) is 3.73. The molecule has 0 radical (unpaired) electrons. The largest absolute Gasteiger partial charge is 0.750 e. The van der Waals surface area contributed by atoms with Crippen molar-refractivity contribution in [3.63, 3.8) is 0 Å². The molecule has 4 unspecified atom stereocenters. The van der Waals surface area contributed by atoms with Gasteiger partial charge in [-0.15, -0.1) is 0 Å². The maximum atomic E-state index is 10.3. The zero-order valence-corrected chi connectivity index (χ0v) is 8.30. The van der Waals surface area contributed by atoms with E-state index in [0.29, 0.717) is 11.8 Å². The molecule has 0 saturated heterocycles. The lowest BCUT2D eigenvalue weighted by Gasteiger charge is -2.32. The first-order valence-corrected chi connectivity index (χ1v) is 5.36. The Hall–Kier alpha value is 0.0700. The summed E-state index contributed by atoms with van der Waals surface area (Å²) in [5, 5.41) is 0. The average Bonchev–Trinajstić information content (AvgIpc) is 1.96. The van der Waals surface area contributed by atoms with E-state index in [1.165, 1.54) is 6.42 Å². The van der Waals surface area contributed by atoms with Crippen LogP contribution < -0.4 is 0 Å². The first-order chi connectivity index (χ1) is 5.59. The maximum Gasteiger partial charge on any atom is 0.0844 e. The number of hydrogen-bond acceptors (Lipinski definition) is 3. The maximum absolute atomic E-state index is 10.3. The molecule has 0 bridgehead atoms. The zero-order valence-electron chi connectivity index (χ0n) is 7.49. The van der Waals surface area contributed by atoms with Gasteiger partial charge in [-0.1, -0.05) is 20.3 Å². The highest BCUT2D eigenvalue weighted by Crippen LogP contribution is 2.30. The predicted molar refractivity (Wildman–Crippen MR) is 46.0 cm³/mol. The van der Waals surface area contributed by atoms with E-state index < -0.39 is 11.4 Å². The summed E-state index contributed by atoms with van der Waals surface area (Å²) < 4.78 is 25.4. The van der Waals surface area contributed by atoms with Gasteiger partial charge in [0.2, 0.25) is 0 Å². The van der Waals surface area contributed by atoms with Crippen molar-refractivity contribution in [1.82, 2.24) is 0 Å². The van der Waals surface area contributed by atoms with Crippen LogP contribution in [-0.2, 0) is 15.5 Å². The third-order valence-electron chi connectivity index (χ3n) is 2.59. The van der Waals surface area contributed by atoms with E-state index in [-0.39, 0.29) is 6.10 Å². The third kappa shape index (κ3) is 2.84. The van der Waals surface area contributed by atoms with Crippen molar-refractivity contribution in [3.05, 3.63) is 0 Å². The van der Waals surface area contributed by atoms with Gasteiger partial charge in [0.1, 0.15) is 0 Å². The van der Waals surface area contributed by atoms with E-state index in [1.807, 2.05) is 6.92 Å². The van der Waals surface area contributed by atoms with Gasteiger partial charge >= 0.3 is 0 Å². The fraction of sp³-hybridized carbons (Fsp3) is 1.00. The highest BCUT2D eigenvalue weighted by molar-refractivity contribution is 7.74. The Labute approximate surface area is 76.0 Å². The van der Waals surface area contributed by atoms with Crippen molar-refractivity contribution in [2.24, 2.45) is 11.8 Å². The molecule has 0 aromatic heterocycles. The highest BCUT2D eigenvalue weighted by Gasteiger charge is 2.26. The summed E-state index contributed by atoms with van der Waals surface area (Å²) in [7, 11) is 0. The van der Waals surface area contributed by atoms with Crippen molar-refractivity contribution in [1.29, 1.82) is 0 Å². The minimum Gasteiger partial charge on any atom is -0.750 e. The van der Waals surface area contributed by atoms with E-state index in [1.54, 1.807) is 0 Å². The van der Waals surface area contributed by atoms with E-state index in [0.717, 1.165) is 12.8 Å². The molecule has 4 atom stereocenters. The van der Waals surface area contributed by atoms with Crippen molar-refractivity contribution in [3.8, 4) is 0 Å². The molecule has 1 aliphatic carbocycles. The lowest BCUT2D eigenvalue weighted by Crippen LogP contribution is -2.29. The summed E-state index contributed by atoms with van der Waals surface area (Å²) in [6.07, 6.45) is 3.04. The Balaban J connectivity index is 2.43. The summed E-state index contributed by atoms with van der Waals surface area (Å²) in [6, 6.07) is 0. The number of rotatable bonds is 2. The zero-order chi connectivity index (χ0) is 9.14. The van der Waals surface area contributed by atoms with Crippen LogP contribution in [0.25, 0.3) is 0 Å². The minimum absolute atomic E-state index is 0.0907. The molecule has 0 heterocycles. The van der Waals surface area contributed by atoms with Gasteiger partial charge in [0, 0.05) is 0 Å². The first-order valence-electron chi connectivity index (χ1n) is 4.36. The summed E-state index contributed by atoms with van der Waals surface area (Å²) in [4.78, 5) is 0. The fourth-order valence-electron chi connectivity index (χ4n) is 1.72. The van der Waals surface area contributed by atoms with Gasteiger partial charge < -0.3 is 4.55 Å². The molecule has 0 N–H and O–H groups in total. The number of hydrogen-bond donors (Lipinski definition) is 0. The van der Waals surface area contributed by atoms with Crippen molar-refractivity contribution in [2.45, 2.75) is 39.2 Å². The molecule has 0 aliphatic heterocycles. The summed E-state index contributed by atoms with van der Waals surface area (Å²) >= 11 is -2.35. The predicted octanol–water partition coefficient (Wildman–Crippen LogP) is 1.62. The van der Waals surface area contributed by atoms with Crippen LogP contribution in [0.2, 0.25) is 0 Å². The van der Waals surface area contributed by atoms with Gasteiger partial charge in [0.15, 0.2) is 0 Å². The van der Waals surface area contributed by atoms with Crippen LogP contribution in [0, 0.1) is 11.8 Å². The monoisotopic (exact) mass is 191 g/mol. The Morgan fingerprint density at radius 3 is 2.67 bits per heavy atom. The minimum atomic E-state index is -2.35. The molecular formula is C8H15O3S-. The summed E-state index contributed by atoms with van der Waals surface area (Å²) in [6.45, 7) is 4.18. The SMILES string of the molecule is CC1CCC(C)C(OS(=O)[O-])C1. The van der Waals surface area contributed by atoms with Crippen molar-refractivity contribution in [2.75, 3.05) is 0 Å². The van der Waals surface area contributed by atoms with Crippen LogP contribution in [0.5, 0.6) is 0 Å². The highest BCUT2D eigenvalue weighted by atomic mass is 32.2. The van der Waals surface area contributed by atoms with Gasteiger partial charge in [-0.25, -0.2) is 4.21 Å². The molecule has 12 heavy (non-hydrogen) atoms. The standard InChI is InChI=1S/C8H16O3S/c1-6-3-4-7(2)8(5-6)11-12(9)10/h6-8H,3-5H2,1-2H3,(H,9,10)/p-1. The van der Waals surface area contributed by atoms with E-state index in [2.05, 4.69) is 6.92 Å². The molecule has 4 heteroatoms. The Kier molecular flexibility index (Phi) is 3.68. The Morgan fingerprint density at radius 1 is 1.42 bits per heavy atom. The van der Waals surface area contributed by atoms with Crippen LogP contribution in [0.15, 0.2) is 0 Å². The summed E-state index contributed by atoms with van der Waals surface area (Å²) in [5.74, 6) is 0.967. The van der Waals surface area contributed by atoms with Gasteiger partial charge in [-0.3, -0.25) is 4.18 Å². The summed E-state index contributed by atoms with van der Waals surface area (Å²) in [5.41, 5.74) is 0. The first kappa shape index (κ1) is 10.2. The van der Waals surface area contributed by atoms with Crippen LogP contribution in [0.1, 0.15) is 33.1 Å². The molecule has 72 valence electrons. The van der Waals surface area contributed by atoms with Crippen LogP contribution >= 0.6 is 0 Å². The van der Waals surface area contributed by atoms with E-state index in [4.69, 9.17) is 4.18 Å². The van der Waals surface area contributed by atoms with Crippen LogP contribution in [-0.4, -0.2) is 14.9 Å². The topological polar surface area (TPSA) is 49.4 Å². The van der Waals surface area contributed by atoms with Gasteiger partial charge in [-0.05, 0) is 24.7 Å². The molecule has 0 spiro atoms. The normalized spacial score (nSPS) is 39.4. The van der Waals surface area contributed by atoms with Gasteiger partial charge in [0.05, 0.1) is 17.5 Å². The molecule has 1 saturated carbocycles. The molecular weight excluding hydrogens is 176 g/mol. The third-order valence-corrected chi connectivity index (χ3v) is 2.99. The average molecular weight is 191 g/mol. The van der Waals surface area contributed by atoms with Crippen molar-refractivity contribution >= 4 is 11.4 Å². The Morgan fingerprint density at radius 2 is 2.08 bits per heavy atom. The van der Waals surface area contributed by atoms with Crippen molar-refractivity contribution < 1.29 is 12.9 Å². The second kappa shape index (κ2) is 4.35. The van der Waals surface area contributed by atoms with Gasteiger partial charge in [0.25, 0.3) is 0 Å². The lowest BCUT2D eigenvalue weighted by atomic mass is 9.82. The molecule has 1 fully saturated rings. The van der Waals surface area contributed by atoms with E-state index >= 15 is 0 Å². The van der Waals surface area contributed by atoms with E-state index in [9.17, 15) is 8.76 Å². The molecule has 0 aromatic rings. The molecule has 0 amide bonds. The molecule has 3 nitrogen and oxygen atoms in total. The fourth-order valence-corrected chi connectivity index (χ4v) is 2.19. The van der Waals surface area contributed by atoms with Gasteiger partial charge in [-0.2, -0.15) is 0 Å². The lowest BCUT2D eigenvalue weighted by molar-refractivity contribution is 0.0820. The smallest absolute Gasteiger partial charge is 0.0844 e. The second-order valence-corrected chi connectivity index (χ2v) is 4.34. The molecule has 0 aromatic carbocycles. The van der Waals surface area contributed by atoms with Crippen LogP contribution in [0.4, 0.5) is 0 Å². The quantitative estimate of drug-likeness (QED) is 0.623. The Bertz CT molecular complexity index is 172. The molecule has 1 rings (SSSR count). The molecule has 1 aliphatic rings. The van der Waals surface area contributed by atoms with Crippen LogP contribution in [0.3, 0.4) is 0 Å².